The summed E-state index contributed by atoms with van der Waals surface area (Å²) in [5, 5.41) is 7.91. The van der Waals surface area contributed by atoms with Gasteiger partial charge in [-0.2, -0.15) is 0 Å². The van der Waals surface area contributed by atoms with Crippen LogP contribution in [0.25, 0.3) is 0 Å². The minimum absolute atomic E-state index is 0.164. The van der Waals surface area contributed by atoms with Gasteiger partial charge >= 0.3 is 0 Å². The van der Waals surface area contributed by atoms with Crippen LogP contribution in [0.15, 0.2) is 58.4 Å². The first-order valence-electron chi connectivity index (χ1n) is 13.7. The molecule has 4 atom stereocenters. The van der Waals surface area contributed by atoms with Crippen molar-refractivity contribution in [1.29, 1.82) is 0 Å². The summed E-state index contributed by atoms with van der Waals surface area (Å²) >= 11 is 0. The smallest absolute Gasteiger partial charge is 0.290 e. The average molecular weight is 547 g/mol. The summed E-state index contributed by atoms with van der Waals surface area (Å²) in [6, 6.07) is 14.1. The van der Waals surface area contributed by atoms with Crippen molar-refractivity contribution >= 4 is 11.4 Å². The fourth-order valence-corrected chi connectivity index (χ4v) is 4.97. The second kappa shape index (κ2) is 12.1. The van der Waals surface area contributed by atoms with Crippen LogP contribution in [0.1, 0.15) is 37.4 Å². The lowest BCUT2D eigenvalue weighted by Crippen LogP contribution is -2.47. The Hall–Kier alpha value is -3.92. The number of methoxy groups -OCH3 is 2. The van der Waals surface area contributed by atoms with E-state index in [-0.39, 0.29) is 11.6 Å². The lowest BCUT2D eigenvalue weighted by atomic mass is 10.1. The number of hydrogen-bond acceptors (Lipinski definition) is 9. The molecule has 1 fully saturated rings. The van der Waals surface area contributed by atoms with E-state index < -0.39 is 0 Å². The SMILES string of the molecule is COc1ccc(CN(CC2=NC(C)C(C)NC2)c2cc(OCC3CC3c3ccc(OC)cn3)nn(C)c2=O)cc1. The molecule has 0 radical (unpaired) electrons. The van der Waals surface area contributed by atoms with Gasteiger partial charge in [-0.1, -0.05) is 12.1 Å². The van der Waals surface area contributed by atoms with Crippen molar-refractivity contribution in [2.24, 2.45) is 18.0 Å². The number of nitrogens with zero attached hydrogens (tertiary/aromatic N) is 5. The van der Waals surface area contributed by atoms with Crippen LogP contribution in [0, 0.1) is 5.92 Å². The zero-order chi connectivity index (χ0) is 28.2. The van der Waals surface area contributed by atoms with Crippen molar-refractivity contribution in [1.82, 2.24) is 20.1 Å². The second-order valence-corrected chi connectivity index (χ2v) is 10.6. The Balaban J connectivity index is 1.35. The van der Waals surface area contributed by atoms with Gasteiger partial charge < -0.3 is 24.4 Å². The number of aromatic nitrogens is 3. The molecule has 2 aromatic heterocycles. The van der Waals surface area contributed by atoms with Crippen LogP contribution in [0.4, 0.5) is 5.69 Å². The molecule has 2 aliphatic rings. The number of rotatable bonds is 11. The zero-order valence-corrected chi connectivity index (χ0v) is 23.8. The van der Waals surface area contributed by atoms with E-state index in [1.807, 2.05) is 36.4 Å². The molecular weight excluding hydrogens is 508 g/mol. The predicted octanol–water partition coefficient (Wildman–Crippen LogP) is 3.20. The molecule has 10 heteroatoms. The zero-order valence-electron chi connectivity index (χ0n) is 23.8. The molecule has 0 saturated heterocycles. The van der Waals surface area contributed by atoms with Gasteiger partial charge in [-0.05, 0) is 50.1 Å². The van der Waals surface area contributed by atoms with Crippen LogP contribution in [0.5, 0.6) is 17.4 Å². The first-order chi connectivity index (χ1) is 19.3. The van der Waals surface area contributed by atoms with E-state index in [1.54, 1.807) is 33.5 Å². The Morgan fingerprint density at radius 2 is 1.80 bits per heavy atom. The van der Waals surface area contributed by atoms with Gasteiger partial charge in [-0.3, -0.25) is 14.8 Å². The molecule has 0 bridgehead atoms. The monoisotopic (exact) mass is 546 g/mol. The molecular formula is C30H38N6O4. The quantitative estimate of drug-likeness (QED) is 0.391. The largest absolute Gasteiger partial charge is 0.497 e. The van der Waals surface area contributed by atoms with Crippen LogP contribution in [0.2, 0.25) is 0 Å². The topological polar surface area (TPSA) is 103 Å². The second-order valence-electron chi connectivity index (χ2n) is 10.6. The van der Waals surface area contributed by atoms with Gasteiger partial charge in [0.2, 0.25) is 5.88 Å². The number of benzene rings is 1. The van der Waals surface area contributed by atoms with E-state index in [0.29, 0.717) is 55.7 Å². The molecule has 3 aromatic rings. The molecule has 10 nitrogen and oxygen atoms in total. The Kier molecular flexibility index (Phi) is 8.35. The van der Waals surface area contributed by atoms with E-state index in [1.165, 1.54) is 4.68 Å². The maximum Gasteiger partial charge on any atom is 0.290 e. The van der Waals surface area contributed by atoms with Crippen LogP contribution in [0.3, 0.4) is 0 Å². The normalized spacial score (nSPS) is 21.9. The van der Waals surface area contributed by atoms with E-state index in [0.717, 1.165) is 34.9 Å². The fourth-order valence-electron chi connectivity index (χ4n) is 4.97. The third-order valence-corrected chi connectivity index (χ3v) is 7.75. The Bertz CT molecular complexity index is 1390. The van der Waals surface area contributed by atoms with E-state index in [2.05, 4.69) is 34.1 Å². The molecule has 1 aliphatic carbocycles. The number of anilines is 1. The number of ether oxygens (including phenoxy) is 3. The predicted molar refractivity (Wildman–Crippen MR) is 155 cm³/mol. The van der Waals surface area contributed by atoms with Gasteiger partial charge in [0, 0.05) is 55.5 Å². The van der Waals surface area contributed by atoms with E-state index in [9.17, 15) is 4.79 Å². The van der Waals surface area contributed by atoms with Gasteiger partial charge in [0.25, 0.3) is 5.56 Å². The van der Waals surface area contributed by atoms with Crippen LogP contribution < -0.4 is 30.0 Å². The maximum absolute atomic E-state index is 13.4. The number of nitrogens with one attached hydrogen (secondary N) is 1. The first kappa shape index (κ1) is 27.6. The summed E-state index contributed by atoms with van der Waals surface area (Å²) in [5.41, 5.74) is 3.45. The molecule has 3 heterocycles. The standard InChI is InChI=1S/C30H38N6O4/c1-19-20(2)33-23(14-31-19)17-36(16-21-6-8-24(38-4)9-7-21)28-13-29(34-35(3)30(28)37)40-18-22-12-26(22)27-11-10-25(39-5)15-32-27/h6-11,13,15,19-20,22,26,31H,12,14,16-18H2,1-5H3. The minimum atomic E-state index is -0.182. The van der Waals surface area contributed by atoms with E-state index in [4.69, 9.17) is 19.2 Å². The summed E-state index contributed by atoms with van der Waals surface area (Å²) < 4.78 is 18.0. The summed E-state index contributed by atoms with van der Waals surface area (Å²) in [4.78, 5) is 24.9. The molecule has 1 aromatic carbocycles. The molecule has 1 aliphatic heterocycles. The molecule has 212 valence electrons. The molecule has 40 heavy (non-hydrogen) atoms. The van der Waals surface area contributed by atoms with Crippen LogP contribution >= 0.6 is 0 Å². The summed E-state index contributed by atoms with van der Waals surface area (Å²) in [6.07, 6.45) is 2.75. The highest BCUT2D eigenvalue weighted by molar-refractivity contribution is 5.91. The number of hydrogen-bond donors (Lipinski definition) is 1. The third-order valence-electron chi connectivity index (χ3n) is 7.75. The van der Waals surface area contributed by atoms with Crippen LogP contribution in [-0.4, -0.2) is 66.5 Å². The van der Waals surface area contributed by atoms with Crippen molar-refractivity contribution in [3.63, 3.8) is 0 Å². The van der Waals surface area contributed by atoms with Gasteiger partial charge in [-0.25, -0.2) is 4.68 Å². The summed E-state index contributed by atoms with van der Waals surface area (Å²) in [5.74, 6) is 2.67. The summed E-state index contributed by atoms with van der Waals surface area (Å²) in [7, 11) is 4.95. The highest BCUT2D eigenvalue weighted by Gasteiger charge is 2.40. The Morgan fingerprint density at radius 3 is 2.48 bits per heavy atom. The highest BCUT2D eigenvalue weighted by Crippen LogP contribution is 2.46. The first-order valence-corrected chi connectivity index (χ1v) is 13.7. The van der Waals surface area contributed by atoms with Gasteiger partial charge in [0.1, 0.15) is 17.2 Å². The Labute approximate surface area is 235 Å². The molecule has 1 saturated carbocycles. The highest BCUT2D eigenvalue weighted by atomic mass is 16.5. The molecule has 5 rings (SSSR count). The van der Waals surface area contributed by atoms with Crippen molar-refractivity contribution in [2.45, 2.75) is 44.8 Å². The lowest BCUT2D eigenvalue weighted by molar-refractivity contribution is 0.278. The number of pyridine rings is 1. The Morgan fingerprint density at radius 1 is 1.05 bits per heavy atom. The fraction of sp³-hybridized carbons (Fsp3) is 0.467. The van der Waals surface area contributed by atoms with E-state index >= 15 is 0 Å². The molecule has 4 unspecified atom stereocenters. The molecule has 0 amide bonds. The third kappa shape index (κ3) is 6.44. The maximum atomic E-state index is 13.4. The number of aliphatic imine (C=N–C) groups is 1. The molecule has 1 N–H and O–H groups in total. The number of aryl methyl sites for hydroxylation is 1. The minimum Gasteiger partial charge on any atom is -0.497 e. The van der Waals surface area contributed by atoms with Crippen LogP contribution in [-0.2, 0) is 13.6 Å². The van der Waals surface area contributed by atoms with Crippen molar-refractivity contribution in [3.05, 3.63) is 70.3 Å². The van der Waals surface area contributed by atoms with Gasteiger partial charge in [0.15, 0.2) is 0 Å². The lowest BCUT2D eigenvalue weighted by Gasteiger charge is -2.30. The van der Waals surface area contributed by atoms with Gasteiger partial charge in [-0.15, -0.1) is 5.10 Å². The van der Waals surface area contributed by atoms with Crippen molar-refractivity contribution in [3.8, 4) is 17.4 Å². The van der Waals surface area contributed by atoms with Gasteiger partial charge in [0.05, 0.1) is 39.6 Å². The average Bonchev–Trinajstić information content (AvgIpc) is 3.75. The van der Waals surface area contributed by atoms with Crippen molar-refractivity contribution < 1.29 is 14.2 Å². The summed E-state index contributed by atoms with van der Waals surface area (Å²) in [6.45, 7) is 6.48. The van der Waals surface area contributed by atoms with Crippen molar-refractivity contribution in [2.75, 3.05) is 38.8 Å². The molecule has 0 spiro atoms.